The molecule has 0 aromatic heterocycles. The summed E-state index contributed by atoms with van der Waals surface area (Å²) in [5, 5.41) is 0. The second-order valence-electron chi connectivity index (χ2n) is 4.28. The highest BCUT2D eigenvalue weighted by Crippen LogP contribution is 2.28. The first kappa shape index (κ1) is 11.2. The summed E-state index contributed by atoms with van der Waals surface area (Å²) in [6.07, 6.45) is 2.21. The van der Waals surface area contributed by atoms with Gasteiger partial charge in [-0.25, -0.2) is 0 Å². The largest absolute Gasteiger partial charge is 0.368 e. The fourth-order valence-corrected chi connectivity index (χ4v) is 2.95. The minimum absolute atomic E-state index is 0.387. The molecule has 2 nitrogen and oxygen atoms in total. The number of para-hydroxylation sites is 1. The zero-order chi connectivity index (χ0) is 10.8. The lowest BCUT2D eigenvalue weighted by molar-refractivity contribution is 0.429. The van der Waals surface area contributed by atoms with Crippen molar-refractivity contribution >= 4 is 28.3 Å². The van der Waals surface area contributed by atoms with Gasteiger partial charge in [0.15, 0.2) is 0 Å². The number of nitrogens with two attached hydrogens (primary N) is 1. The van der Waals surface area contributed by atoms with Crippen LogP contribution in [0.2, 0.25) is 0 Å². The highest BCUT2D eigenvalue weighted by Gasteiger charge is 2.24. The molecule has 82 valence electrons. The van der Waals surface area contributed by atoms with E-state index in [0.29, 0.717) is 12.1 Å². The number of anilines is 1. The van der Waals surface area contributed by atoms with Crippen LogP contribution in [0.4, 0.5) is 5.69 Å². The molecule has 0 spiro atoms. The van der Waals surface area contributed by atoms with Gasteiger partial charge in [-0.2, -0.15) is 0 Å². The van der Waals surface area contributed by atoms with Crippen molar-refractivity contribution in [3.8, 4) is 0 Å². The summed E-state index contributed by atoms with van der Waals surface area (Å²) in [4.78, 5) is 2.48. The molecule has 2 atom stereocenters. The Kier molecular flexibility index (Phi) is 3.51. The average Bonchev–Trinajstić information content (AvgIpc) is 2.20. The molecule has 1 aromatic rings. The van der Waals surface area contributed by atoms with Crippen molar-refractivity contribution in [2.75, 3.05) is 11.4 Å². The van der Waals surface area contributed by atoms with Gasteiger partial charge in [-0.3, -0.25) is 0 Å². The van der Waals surface area contributed by atoms with Crippen molar-refractivity contribution in [2.24, 2.45) is 5.73 Å². The fourth-order valence-electron chi connectivity index (χ4n) is 2.25. The van der Waals surface area contributed by atoms with E-state index in [1.165, 1.54) is 9.26 Å². The van der Waals surface area contributed by atoms with Gasteiger partial charge in [-0.05, 0) is 54.5 Å². The van der Waals surface area contributed by atoms with Gasteiger partial charge in [0.1, 0.15) is 0 Å². The van der Waals surface area contributed by atoms with E-state index in [1.807, 2.05) is 0 Å². The van der Waals surface area contributed by atoms with Crippen LogP contribution < -0.4 is 10.6 Å². The lowest BCUT2D eigenvalue weighted by atomic mass is 9.98. The molecule has 15 heavy (non-hydrogen) atoms. The van der Waals surface area contributed by atoms with Gasteiger partial charge < -0.3 is 10.6 Å². The zero-order valence-corrected chi connectivity index (χ0v) is 11.1. The predicted molar refractivity (Wildman–Crippen MR) is 73.2 cm³/mol. The maximum atomic E-state index is 5.97. The highest BCUT2D eigenvalue weighted by atomic mass is 127. The fraction of sp³-hybridized carbons (Fsp3) is 0.500. The third kappa shape index (κ3) is 2.45. The quantitative estimate of drug-likeness (QED) is 0.807. The Hall–Kier alpha value is -0.290. The Bertz CT molecular complexity index is 340. The molecule has 2 N–H and O–H groups in total. The molecule has 1 saturated heterocycles. The topological polar surface area (TPSA) is 29.3 Å². The first-order chi connectivity index (χ1) is 7.18. The lowest BCUT2D eigenvalue weighted by Gasteiger charge is -2.38. The molecule has 1 fully saturated rings. The van der Waals surface area contributed by atoms with Crippen LogP contribution in [0, 0.1) is 3.57 Å². The summed E-state index contributed by atoms with van der Waals surface area (Å²) in [6.45, 7) is 3.35. The van der Waals surface area contributed by atoms with E-state index in [-0.39, 0.29) is 0 Å². The van der Waals surface area contributed by atoms with Crippen molar-refractivity contribution < 1.29 is 0 Å². The van der Waals surface area contributed by atoms with Crippen LogP contribution in [0.3, 0.4) is 0 Å². The number of rotatable bonds is 1. The molecule has 0 radical (unpaired) electrons. The molecule has 0 saturated carbocycles. The SMILES string of the molecule is CC1CC(N)CCN1c1ccccc1I. The van der Waals surface area contributed by atoms with Gasteiger partial charge in [0.05, 0.1) is 5.69 Å². The van der Waals surface area contributed by atoms with E-state index in [1.54, 1.807) is 0 Å². The molecule has 1 heterocycles. The van der Waals surface area contributed by atoms with E-state index in [9.17, 15) is 0 Å². The lowest BCUT2D eigenvalue weighted by Crippen LogP contribution is -2.45. The molecular formula is C12H17IN2. The molecule has 3 heteroatoms. The third-order valence-corrected chi connectivity index (χ3v) is 3.99. The van der Waals surface area contributed by atoms with Gasteiger partial charge in [0.25, 0.3) is 0 Å². The van der Waals surface area contributed by atoms with Crippen LogP contribution in [0.1, 0.15) is 19.8 Å². The number of hydrogen-bond acceptors (Lipinski definition) is 2. The molecule has 1 aliphatic rings. The summed E-state index contributed by atoms with van der Waals surface area (Å²) >= 11 is 2.41. The van der Waals surface area contributed by atoms with Crippen molar-refractivity contribution in [1.82, 2.24) is 0 Å². The minimum atomic E-state index is 0.387. The molecule has 1 aliphatic heterocycles. The van der Waals surface area contributed by atoms with Gasteiger partial charge in [0, 0.05) is 22.2 Å². The molecule has 1 aromatic carbocycles. The maximum Gasteiger partial charge on any atom is 0.0504 e. The van der Waals surface area contributed by atoms with Crippen LogP contribution in [0.5, 0.6) is 0 Å². The minimum Gasteiger partial charge on any atom is -0.368 e. The van der Waals surface area contributed by atoms with Gasteiger partial charge in [0.2, 0.25) is 0 Å². The van der Waals surface area contributed by atoms with Crippen LogP contribution in [0.15, 0.2) is 24.3 Å². The molecular weight excluding hydrogens is 299 g/mol. The van der Waals surface area contributed by atoms with Crippen molar-refractivity contribution in [3.63, 3.8) is 0 Å². The third-order valence-electron chi connectivity index (χ3n) is 3.08. The second kappa shape index (κ2) is 4.70. The molecule has 0 amide bonds. The van der Waals surface area contributed by atoms with Crippen LogP contribution in [-0.2, 0) is 0 Å². The monoisotopic (exact) mass is 316 g/mol. The summed E-state index contributed by atoms with van der Waals surface area (Å²) < 4.78 is 1.33. The van der Waals surface area contributed by atoms with Crippen molar-refractivity contribution in [3.05, 3.63) is 27.8 Å². The first-order valence-corrected chi connectivity index (χ1v) is 6.53. The predicted octanol–water partition coefficient (Wildman–Crippen LogP) is 2.61. The van der Waals surface area contributed by atoms with E-state index < -0.39 is 0 Å². The number of piperidine rings is 1. The van der Waals surface area contributed by atoms with E-state index in [0.717, 1.165) is 19.4 Å². The molecule has 0 aliphatic carbocycles. The smallest absolute Gasteiger partial charge is 0.0504 e. The van der Waals surface area contributed by atoms with Gasteiger partial charge in [-0.15, -0.1) is 0 Å². The normalized spacial score (nSPS) is 26.7. The Labute approximate surface area is 105 Å². The average molecular weight is 316 g/mol. The standard InChI is InChI=1S/C12H17IN2/c1-9-8-10(14)6-7-15(9)12-5-3-2-4-11(12)13/h2-5,9-10H,6-8,14H2,1H3. The first-order valence-electron chi connectivity index (χ1n) is 5.45. The van der Waals surface area contributed by atoms with Crippen LogP contribution in [0.25, 0.3) is 0 Å². The molecule has 2 unspecified atom stereocenters. The van der Waals surface area contributed by atoms with Gasteiger partial charge in [-0.1, -0.05) is 12.1 Å². The van der Waals surface area contributed by atoms with Crippen LogP contribution in [-0.4, -0.2) is 18.6 Å². The number of nitrogens with zero attached hydrogens (tertiary/aromatic N) is 1. The zero-order valence-electron chi connectivity index (χ0n) is 8.99. The summed E-state index contributed by atoms with van der Waals surface area (Å²) in [5.74, 6) is 0. The van der Waals surface area contributed by atoms with Crippen LogP contribution >= 0.6 is 22.6 Å². The summed E-state index contributed by atoms with van der Waals surface area (Å²) in [6, 6.07) is 9.51. The molecule has 2 rings (SSSR count). The number of hydrogen-bond donors (Lipinski definition) is 1. The summed E-state index contributed by atoms with van der Waals surface area (Å²) in [5.41, 5.74) is 7.33. The second-order valence-corrected chi connectivity index (χ2v) is 5.44. The van der Waals surface area contributed by atoms with E-state index in [2.05, 4.69) is 58.7 Å². The highest BCUT2D eigenvalue weighted by molar-refractivity contribution is 14.1. The Morgan fingerprint density at radius 2 is 2.13 bits per heavy atom. The van der Waals surface area contributed by atoms with Gasteiger partial charge >= 0.3 is 0 Å². The number of benzene rings is 1. The Balaban J connectivity index is 2.20. The molecule has 0 bridgehead atoms. The van der Waals surface area contributed by atoms with Crippen molar-refractivity contribution in [2.45, 2.75) is 31.8 Å². The van der Waals surface area contributed by atoms with E-state index >= 15 is 0 Å². The maximum absolute atomic E-state index is 5.97. The Morgan fingerprint density at radius 3 is 2.80 bits per heavy atom. The Morgan fingerprint density at radius 1 is 1.40 bits per heavy atom. The summed E-state index contributed by atoms with van der Waals surface area (Å²) in [7, 11) is 0. The number of halogens is 1. The van der Waals surface area contributed by atoms with Crippen molar-refractivity contribution in [1.29, 1.82) is 0 Å². The van der Waals surface area contributed by atoms with E-state index in [4.69, 9.17) is 5.73 Å².